The van der Waals surface area contributed by atoms with Gasteiger partial charge >= 0.3 is 5.97 Å². The number of esters is 1. The van der Waals surface area contributed by atoms with Crippen LogP contribution in [0.25, 0.3) is 0 Å². The molecule has 0 atom stereocenters. The molecule has 4 nitrogen and oxygen atoms in total. The number of carbonyl (C=O) groups is 1. The van der Waals surface area contributed by atoms with E-state index in [2.05, 4.69) is 9.98 Å². The van der Waals surface area contributed by atoms with Crippen LogP contribution >= 0.6 is 0 Å². The Morgan fingerprint density at radius 1 is 1.41 bits per heavy atom. The molecule has 1 aliphatic rings. The van der Waals surface area contributed by atoms with E-state index in [-0.39, 0.29) is 0 Å². The first-order valence-corrected chi connectivity index (χ1v) is 5.57. The van der Waals surface area contributed by atoms with Crippen molar-refractivity contribution in [2.75, 3.05) is 6.61 Å². The van der Waals surface area contributed by atoms with Gasteiger partial charge in [-0.05, 0) is 25.5 Å². The van der Waals surface area contributed by atoms with Crippen molar-refractivity contribution in [1.82, 2.24) is 0 Å². The van der Waals surface area contributed by atoms with Crippen LogP contribution in [0.15, 0.2) is 34.3 Å². The number of para-hydroxylation sites is 1. The molecule has 1 heterocycles. The number of hydrogen-bond donors (Lipinski definition) is 0. The average Bonchev–Trinajstić information content (AvgIpc) is 2.47. The highest BCUT2D eigenvalue weighted by Gasteiger charge is 2.18. The van der Waals surface area contributed by atoms with Crippen LogP contribution in [0.1, 0.15) is 19.4 Å². The summed E-state index contributed by atoms with van der Waals surface area (Å²) in [7, 11) is 0. The third kappa shape index (κ3) is 2.41. The van der Waals surface area contributed by atoms with Gasteiger partial charge < -0.3 is 4.74 Å². The SMILES string of the molecule is CCOC(=O)C1=NCc2ccccc2N=C1C. The predicted octanol–water partition coefficient (Wildman–Crippen LogP) is 2.30. The molecule has 0 N–H and O–H groups in total. The van der Waals surface area contributed by atoms with Gasteiger partial charge in [-0.3, -0.25) is 9.98 Å². The molecule has 88 valence electrons. The number of fused-ring (bicyclic) bond motifs is 1. The van der Waals surface area contributed by atoms with Gasteiger partial charge in [0.05, 0.1) is 24.6 Å². The molecule has 4 heteroatoms. The quantitative estimate of drug-likeness (QED) is 0.732. The topological polar surface area (TPSA) is 51.0 Å². The molecule has 0 saturated heterocycles. The molecule has 2 rings (SSSR count). The number of nitrogens with zero attached hydrogens (tertiary/aromatic N) is 2. The highest BCUT2D eigenvalue weighted by atomic mass is 16.5. The lowest BCUT2D eigenvalue weighted by Gasteiger charge is -2.03. The molecule has 0 aromatic heterocycles. The van der Waals surface area contributed by atoms with E-state index in [1.165, 1.54) is 0 Å². The Morgan fingerprint density at radius 2 is 2.18 bits per heavy atom. The molecular weight excluding hydrogens is 216 g/mol. The van der Waals surface area contributed by atoms with Gasteiger partial charge in [0.2, 0.25) is 0 Å². The third-order valence-electron chi connectivity index (χ3n) is 2.50. The van der Waals surface area contributed by atoms with Crippen LogP contribution in [-0.4, -0.2) is 24.0 Å². The molecule has 0 amide bonds. The lowest BCUT2D eigenvalue weighted by atomic mass is 10.2. The van der Waals surface area contributed by atoms with Crippen LogP contribution < -0.4 is 0 Å². The molecule has 1 aromatic carbocycles. The van der Waals surface area contributed by atoms with E-state index in [1.54, 1.807) is 13.8 Å². The first-order valence-electron chi connectivity index (χ1n) is 5.57. The van der Waals surface area contributed by atoms with E-state index in [0.717, 1.165) is 11.3 Å². The number of rotatable bonds is 2. The summed E-state index contributed by atoms with van der Waals surface area (Å²) < 4.78 is 4.96. The van der Waals surface area contributed by atoms with Crippen molar-refractivity contribution in [2.24, 2.45) is 9.98 Å². The Balaban J connectivity index is 2.35. The summed E-state index contributed by atoms with van der Waals surface area (Å²) in [5, 5.41) is 0. The first kappa shape index (κ1) is 11.5. The van der Waals surface area contributed by atoms with Crippen LogP contribution in [0.3, 0.4) is 0 Å². The van der Waals surface area contributed by atoms with Crippen molar-refractivity contribution in [3.05, 3.63) is 29.8 Å². The monoisotopic (exact) mass is 230 g/mol. The molecule has 0 bridgehead atoms. The highest BCUT2D eigenvalue weighted by Crippen LogP contribution is 2.22. The zero-order valence-electron chi connectivity index (χ0n) is 9.93. The highest BCUT2D eigenvalue weighted by molar-refractivity contribution is 6.65. The fourth-order valence-electron chi connectivity index (χ4n) is 1.68. The number of benzene rings is 1. The van der Waals surface area contributed by atoms with Gasteiger partial charge in [0.1, 0.15) is 0 Å². The third-order valence-corrected chi connectivity index (χ3v) is 2.50. The standard InChI is InChI=1S/C13H14N2O2/c1-3-17-13(16)12-9(2)15-11-7-5-4-6-10(11)8-14-12/h4-7H,3,8H2,1-2H3. The van der Waals surface area contributed by atoms with Gasteiger partial charge in [0.25, 0.3) is 0 Å². The molecular formula is C13H14N2O2. The maximum absolute atomic E-state index is 11.7. The number of ether oxygens (including phenoxy) is 1. The molecule has 0 radical (unpaired) electrons. The second-order valence-corrected chi connectivity index (χ2v) is 3.71. The van der Waals surface area contributed by atoms with Crippen molar-refractivity contribution in [1.29, 1.82) is 0 Å². The van der Waals surface area contributed by atoms with Crippen LogP contribution in [0.4, 0.5) is 5.69 Å². The van der Waals surface area contributed by atoms with E-state index in [9.17, 15) is 4.79 Å². The largest absolute Gasteiger partial charge is 0.461 e. The molecule has 1 aromatic rings. The zero-order chi connectivity index (χ0) is 12.3. The molecule has 0 spiro atoms. The van der Waals surface area contributed by atoms with Crippen molar-refractivity contribution >= 4 is 23.1 Å². The van der Waals surface area contributed by atoms with Crippen LogP contribution in [0, 0.1) is 0 Å². The van der Waals surface area contributed by atoms with Crippen molar-refractivity contribution in [2.45, 2.75) is 20.4 Å². The fraction of sp³-hybridized carbons (Fsp3) is 0.308. The minimum absolute atomic E-state index is 0.322. The van der Waals surface area contributed by atoms with Gasteiger partial charge in [0.15, 0.2) is 5.71 Å². The summed E-state index contributed by atoms with van der Waals surface area (Å²) in [6.45, 7) is 4.36. The lowest BCUT2D eigenvalue weighted by molar-refractivity contribution is -0.134. The first-order chi connectivity index (χ1) is 8.22. The number of aliphatic imine (C=N–C) groups is 2. The minimum atomic E-state index is -0.401. The average molecular weight is 230 g/mol. The second-order valence-electron chi connectivity index (χ2n) is 3.71. The van der Waals surface area contributed by atoms with Gasteiger partial charge in [-0.25, -0.2) is 4.79 Å². The summed E-state index contributed by atoms with van der Waals surface area (Å²) in [6, 6.07) is 7.74. The molecule has 0 fully saturated rings. The number of hydrogen-bond acceptors (Lipinski definition) is 4. The maximum Gasteiger partial charge on any atom is 0.358 e. The van der Waals surface area contributed by atoms with E-state index in [4.69, 9.17) is 4.74 Å². The van der Waals surface area contributed by atoms with Crippen LogP contribution in [0.2, 0.25) is 0 Å². The molecule has 0 unspecified atom stereocenters. The van der Waals surface area contributed by atoms with Crippen molar-refractivity contribution < 1.29 is 9.53 Å². The van der Waals surface area contributed by atoms with E-state index in [0.29, 0.717) is 24.6 Å². The Kier molecular flexibility index (Phi) is 3.32. The summed E-state index contributed by atoms with van der Waals surface area (Å²) in [5.74, 6) is -0.401. The van der Waals surface area contributed by atoms with Gasteiger partial charge in [0, 0.05) is 0 Å². The fourth-order valence-corrected chi connectivity index (χ4v) is 1.68. The van der Waals surface area contributed by atoms with Crippen LogP contribution in [-0.2, 0) is 16.1 Å². The molecule has 0 aliphatic carbocycles. The Hall–Kier alpha value is -1.97. The Morgan fingerprint density at radius 3 is 2.94 bits per heavy atom. The predicted molar refractivity (Wildman–Crippen MR) is 67.0 cm³/mol. The van der Waals surface area contributed by atoms with E-state index in [1.807, 2.05) is 24.3 Å². The van der Waals surface area contributed by atoms with E-state index < -0.39 is 5.97 Å². The summed E-state index contributed by atoms with van der Waals surface area (Å²) >= 11 is 0. The molecule has 0 saturated carbocycles. The van der Waals surface area contributed by atoms with Gasteiger partial charge in [-0.1, -0.05) is 18.2 Å². The smallest absolute Gasteiger partial charge is 0.358 e. The summed E-state index contributed by atoms with van der Waals surface area (Å²) in [4.78, 5) is 20.4. The zero-order valence-corrected chi connectivity index (χ0v) is 9.93. The van der Waals surface area contributed by atoms with Crippen LogP contribution in [0.5, 0.6) is 0 Å². The summed E-state index contributed by atoms with van der Waals surface area (Å²) in [5.41, 5.74) is 2.82. The van der Waals surface area contributed by atoms with Crippen molar-refractivity contribution in [3.63, 3.8) is 0 Å². The molecule has 17 heavy (non-hydrogen) atoms. The van der Waals surface area contributed by atoms with E-state index >= 15 is 0 Å². The molecule has 1 aliphatic heterocycles. The Bertz CT molecular complexity index is 504. The van der Waals surface area contributed by atoms with Crippen molar-refractivity contribution in [3.8, 4) is 0 Å². The summed E-state index contributed by atoms with van der Waals surface area (Å²) in [6.07, 6.45) is 0. The van der Waals surface area contributed by atoms with Gasteiger partial charge in [-0.2, -0.15) is 0 Å². The number of carbonyl (C=O) groups excluding carboxylic acids is 1. The minimum Gasteiger partial charge on any atom is -0.461 e. The Labute approximate surface area is 100 Å². The lowest BCUT2D eigenvalue weighted by Crippen LogP contribution is -2.24. The van der Waals surface area contributed by atoms with Gasteiger partial charge in [-0.15, -0.1) is 0 Å². The normalized spacial score (nSPS) is 14.2. The maximum atomic E-state index is 11.7. The second kappa shape index (κ2) is 4.91.